The molecule has 0 bridgehead atoms. The number of ether oxygens (including phenoxy) is 2. The molecule has 0 radical (unpaired) electrons. The molecule has 3 fully saturated rings. The van der Waals surface area contributed by atoms with E-state index in [4.69, 9.17) is 55.1 Å². The fourth-order valence-corrected chi connectivity index (χ4v) is 6.90. The molecule has 0 spiro atoms. The lowest BCUT2D eigenvalue weighted by Gasteiger charge is -2.27. The molecule has 0 aliphatic carbocycles. The van der Waals surface area contributed by atoms with Gasteiger partial charge in [0.15, 0.2) is 11.3 Å². The molecule has 3 aliphatic heterocycles. The van der Waals surface area contributed by atoms with Crippen molar-refractivity contribution in [1.82, 2.24) is 64.3 Å². The minimum absolute atomic E-state index is 0.187. The summed E-state index contributed by atoms with van der Waals surface area (Å²) in [6, 6.07) is 0.282. The van der Waals surface area contributed by atoms with E-state index in [1.807, 2.05) is 10.9 Å². The van der Waals surface area contributed by atoms with E-state index < -0.39 is 0 Å². The Bertz CT molecular complexity index is 2170. The second-order valence-electron chi connectivity index (χ2n) is 12.9. The molecule has 268 valence electrons. The predicted molar refractivity (Wildman–Crippen MR) is 193 cm³/mol. The molecule has 19 heteroatoms. The van der Waals surface area contributed by atoms with Crippen molar-refractivity contribution in [3.8, 4) is 22.5 Å². The van der Waals surface area contributed by atoms with Crippen LogP contribution >= 0.6 is 0 Å². The van der Waals surface area contributed by atoms with Gasteiger partial charge in [0.1, 0.15) is 28.6 Å². The first-order valence-corrected chi connectivity index (χ1v) is 17.6. The second kappa shape index (κ2) is 13.8. The lowest BCUT2D eigenvalue weighted by atomic mass is 10.2. The second-order valence-corrected chi connectivity index (χ2v) is 12.9. The van der Waals surface area contributed by atoms with Gasteiger partial charge in [-0.1, -0.05) is 6.92 Å². The fraction of sp³-hybridized carbons (Fsp3) is 0.455. The van der Waals surface area contributed by atoms with Crippen LogP contribution in [-0.2, 0) is 9.47 Å². The van der Waals surface area contributed by atoms with Crippen LogP contribution in [0.25, 0.3) is 44.8 Å². The van der Waals surface area contributed by atoms with Gasteiger partial charge in [0.05, 0.1) is 45.1 Å². The number of nitrogen functional groups attached to an aromatic ring is 1. The average Bonchev–Trinajstić information content (AvgIpc) is 3.98. The van der Waals surface area contributed by atoms with Crippen molar-refractivity contribution < 1.29 is 9.47 Å². The van der Waals surface area contributed by atoms with Gasteiger partial charge in [0, 0.05) is 68.6 Å². The van der Waals surface area contributed by atoms with E-state index in [0.717, 1.165) is 49.3 Å². The van der Waals surface area contributed by atoms with E-state index in [9.17, 15) is 0 Å². The molecule has 9 rings (SSSR count). The maximum absolute atomic E-state index is 5.79. The normalized spacial score (nSPS) is 18.8. The van der Waals surface area contributed by atoms with Crippen molar-refractivity contribution in [2.75, 3.05) is 86.5 Å². The van der Waals surface area contributed by atoms with E-state index in [1.54, 1.807) is 31.1 Å². The zero-order chi connectivity index (χ0) is 35.0. The highest BCUT2D eigenvalue weighted by Gasteiger charge is 2.26. The molecule has 3 saturated heterocycles. The molecule has 2 unspecified atom stereocenters. The first-order chi connectivity index (χ1) is 25.6. The molecule has 0 amide bonds. The van der Waals surface area contributed by atoms with Gasteiger partial charge in [-0.2, -0.15) is 9.97 Å². The number of morpholine rings is 2. The first kappa shape index (κ1) is 32.3. The van der Waals surface area contributed by atoms with Crippen molar-refractivity contribution in [3.05, 3.63) is 37.4 Å². The van der Waals surface area contributed by atoms with Crippen molar-refractivity contribution in [1.29, 1.82) is 0 Å². The highest BCUT2D eigenvalue weighted by Crippen LogP contribution is 2.32. The Morgan fingerprint density at radius 3 is 1.94 bits per heavy atom. The van der Waals surface area contributed by atoms with Crippen molar-refractivity contribution in [3.63, 3.8) is 0 Å². The standard InChI is InChI=1S/C33H39N17O2/c1-2-23(50-19-41-27-24(20-13-36-30(34)37-14-20)43-33(46-29(27)50)48-7-11-52-12-8-48)42-31-38-15-21(16-39-31)25-26-28(49(18-40-26)22-3-4-35-17-22)45-32(44-25)47-5-9-51-10-6-47/h13-16,18-19,22-23,35H,2-12,17H2,1H3,(H2,34,36,37)(H,38,39,42). The van der Waals surface area contributed by atoms with Gasteiger partial charge < -0.3 is 40.2 Å². The Labute approximate surface area is 298 Å². The SMILES string of the molecule is CCC(Nc1ncc(-c2nc(N3CCOCC3)nc3c2ncn3C2CCNC2)cn1)n1cnc2c(-c3cnc(N)nc3)nc(N3CCOCC3)nc21. The van der Waals surface area contributed by atoms with E-state index in [1.165, 1.54) is 0 Å². The van der Waals surface area contributed by atoms with Crippen LogP contribution < -0.4 is 26.2 Å². The molecule has 2 atom stereocenters. The van der Waals surface area contributed by atoms with Crippen LogP contribution in [-0.4, -0.2) is 125 Å². The van der Waals surface area contributed by atoms with Gasteiger partial charge >= 0.3 is 0 Å². The zero-order valence-corrected chi connectivity index (χ0v) is 28.8. The van der Waals surface area contributed by atoms with Crippen LogP contribution in [0.15, 0.2) is 37.4 Å². The van der Waals surface area contributed by atoms with Gasteiger partial charge in [0.2, 0.25) is 23.8 Å². The molecule has 0 saturated carbocycles. The maximum Gasteiger partial charge on any atom is 0.228 e. The van der Waals surface area contributed by atoms with E-state index in [0.29, 0.717) is 91.9 Å². The summed E-state index contributed by atoms with van der Waals surface area (Å²) in [7, 11) is 0. The Balaban J connectivity index is 1.05. The van der Waals surface area contributed by atoms with Gasteiger partial charge in [-0.3, -0.25) is 4.57 Å². The third-order valence-corrected chi connectivity index (χ3v) is 9.72. The molecular weight excluding hydrogens is 666 g/mol. The average molecular weight is 706 g/mol. The lowest BCUT2D eigenvalue weighted by Crippen LogP contribution is -2.37. The molecule has 3 aliphatic rings. The van der Waals surface area contributed by atoms with Crippen LogP contribution in [0, 0.1) is 0 Å². The Kier molecular flexibility index (Phi) is 8.57. The van der Waals surface area contributed by atoms with E-state index in [-0.39, 0.29) is 18.2 Å². The summed E-state index contributed by atoms with van der Waals surface area (Å²) < 4.78 is 15.4. The summed E-state index contributed by atoms with van der Waals surface area (Å²) in [5.74, 6) is 1.88. The summed E-state index contributed by atoms with van der Waals surface area (Å²) in [6.45, 7) is 9.19. The number of nitrogens with one attached hydrogen (secondary N) is 2. The number of imidazole rings is 2. The number of nitrogens with zero attached hydrogens (tertiary/aromatic N) is 14. The third-order valence-electron chi connectivity index (χ3n) is 9.72. The number of rotatable bonds is 9. The first-order valence-electron chi connectivity index (χ1n) is 17.6. The quantitative estimate of drug-likeness (QED) is 0.195. The molecule has 6 aromatic rings. The van der Waals surface area contributed by atoms with Crippen LogP contribution in [0.4, 0.5) is 23.8 Å². The highest BCUT2D eigenvalue weighted by molar-refractivity contribution is 5.89. The van der Waals surface area contributed by atoms with Gasteiger partial charge in [-0.05, 0) is 19.4 Å². The Hall–Kier alpha value is -5.66. The van der Waals surface area contributed by atoms with Crippen LogP contribution in [0.5, 0.6) is 0 Å². The molecule has 4 N–H and O–H groups in total. The molecule has 19 nitrogen and oxygen atoms in total. The molecule has 52 heavy (non-hydrogen) atoms. The zero-order valence-electron chi connectivity index (χ0n) is 28.8. The summed E-state index contributed by atoms with van der Waals surface area (Å²) >= 11 is 0. The number of hydrogen-bond acceptors (Lipinski definition) is 17. The van der Waals surface area contributed by atoms with Gasteiger partial charge in [-0.15, -0.1) is 0 Å². The van der Waals surface area contributed by atoms with Crippen LogP contribution in [0.1, 0.15) is 32.0 Å². The minimum Gasteiger partial charge on any atom is -0.378 e. The minimum atomic E-state index is -0.270. The summed E-state index contributed by atoms with van der Waals surface area (Å²) in [5, 5.41) is 6.94. The summed E-state index contributed by atoms with van der Waals surface area (Å²) in [5.41, 5.74) is 11.4. The number of fused-ring (bicyclic) bond motifs is 2. The van der Waals surface area contributed by atoms with E-state index in [2.05, 4.69) is 41.9 Å². The number of nitrogens with two attached hydrogens (primary N) is 1. The predicted octanol–water partition coefficient (Wildman–Crippen LogP) is 1.69. The number of aromatic nitrogens is 12. The smallest absolute Gasteiger partial charge is 0.228 e. The van der Waals surface area contributed by atoms with Crippen LogP contribution in [0.3, 0.4) is 0 Å². The summed E-state index contributed by atoms with van der Waals surface area (Å²) in [4.78, 5) is 51.7. The molecule has 6 aromatic heterocycles. The lowest BCUT2D eigenvalue weighted by molar-refractivity contribution is 0.122. The summed E-state index contributed by atoms with van der Waals surface area (Å²) in [6.07, 6.45) is 12.0. The Morgan fingerprint density at radius 2 is 1.35 bits per heavy atom. The van der Waals surface area contributed by atoms with Gasteiger partial charge in [0.25, 0.3) is 0 Å². The number of anilines is 4. The Morgan fingerprint density at radius 1 is 0.769 bits per heavy atom. The van der Waals surface area contributed by atoms with Crippen molar-refractivity contribution >= 4 is 46.1 Å². The van der Waals surface area contributed by atoms with E-state index >= 15 is 0 Å². The monoisotopic (exact) mass is 705 g/mol. The number of hydrogen-bond donors (Lipinski definition) is 3. The van der Waals surface area contributed by atoms with Crippen molar-refractivity contribution in [2.24, 2.45) is 0 Å². The fourth-order valence-electron chi connectivity index (χ4n) is 6.90. The van der Waals surface area contributed by atoms with Crippen molar-refractivity contribution in [2.45, 2.75) is 32.0 Å². The highest BCUT2D eigenvalue weighted by atomic mass is 16.5. The molecular formula is C33H39N17O2. The largest absolute Gasteiger partial charge is 0.378 e. The molecule has 0 aromatic carbocycles. The van der Waals surface area contributed by atoms with Crippen LogP contribution in [0.2, 0.25) is 0 Å². The topological polar surface area (TPSA) is 214 Å². The van der Waals surface area contributed by atoms with Gasteiger partial charge in [-0.25, -0.2) is 39.9 Å². The third kappa shape index (κ3) is 6.05. The maximum atomic E-state index is 5.79. The molecule has 9 heterocycles.